The van der Waals surface area contributed by atoms with Crippen LogP contribution in [0.3, 0.4) is 0 Å². The first kappa shape index (κ1) is 25.2. The molecule has 0 aliphatic carbocycles. The van der Waals surface area contributed by atoms with Crippen molar-refractivity contribution in [3.8, 4) is 28.4 Å². The maximum Gasteiger partial charge on any atom is 0.306 e. The van der Waals surface area contributed by atoms with Crippen molar-refractivity contribution in [2.75, 3.05) is 20.8 Å². The lowest BCUT2D eigenvalue weighted by atomic mass is 9.98. The van der Waals surface area contributed by atoms with E-state index in [1.165, 1.54) is 7.11 Å². The van der Waals surface area contributed by atoms with Gasteiger partial charge in [0.05, 0.1) is 27.2 Å². The van der Waals surface area contributed by atoms with E-state index in [0.29, 0.717) is 19.6 Å². The highest BCUT2D eigenvalue weighted by Gasteiger charge is 2.13. The molecule has 0 N–H and O–H groups in total. The summed E-state index contributed by atoms with van der Waals surface area (Å²) in [5.74, 6) is 2.25. The third-order valence-electron chi connectivity index (χ3n) is 5.72. The molecule has 0 spiro atoms. The van der Waals surface area contributed by atoms with Crippen molar-refractivity contribution < 1.29 is 23.7 Å². The van der Waals surface area contributed by atoms with E-state index in [0.717, 1.165) is 52.3 Å². The smallest absolute Gasteiger partial charge is 0.306 e. The van der Waals surface area contributed by atoms with Gasteiger partial charge in [0.2, 0.25) is 0 Å². The summed E-state index contributed by atoms with van der Waals surface area (Å²) in [5.41, 5.74) is 4.13. The van der Waals surface area contributed by atoms with Gasteiger partial charge in [-0.25, -0.2) is 0 Å². The van der Waals surface area contributed by atoms with Crippen molar-refractivity contribution >= 4 is 5.97 Å². The van der Waals surface area contributed by atoms with E-state index in [-0.39, 0.29) is 11.9 Å². The summed E-state index contributed by atoms with van der Waals surface area (Å²) in [4.78, 5) is 11.6. The third-order valence-corrected chi connectivity index (χ3v) is 5.72. The number of carbonyl (C=O) groups excluding carboxylic acids is 1. The van der Waals surface area contributed by atoms with Crippen molar-refractivity contribution in [1.29, 1.82) is 0 Å². The summed E-state index contributed by atoms with van der Waals surface area (Å²) in [6.45, 7) is 5.24. The number of unbranched alkanes of at least 4 members (excludes halogenated alkanes) is 1. The fourth-order valence-electron chi connectivity index (χ4n) is 3.66. The van der Waals surface area contributed by atoms with E-state index >= 15 is 0 Å². The summed E-state index contributed by atoms with van der Waals surface area (Å²) in [5, 5.41) is 0. The summed E-state index contributed by atoms with van der Waals surface area (Å²) < 4.78 is 22.4. The van der Waals surface area contributed by atoms with Crippen LogP contribution in [0.15, 0.2) is 66.7 Å². The average Bonchev–Trinajstić information content (AvgIpc) is 2.87. The fraction of sp³-hybridized carbons (Fsp3) is 0.345. The molecular formula is C29H34O5. The van der Waals surface area contributed by atoms with Gasteiger partial charge in [0, 0.05) is 5.56 Å². The highest BCUT2D eigenvalue weighted by molar-refractivity contribution is 5.72. The summed E-state index contributed by atoms with van der Waals surface area (Å²) in [6.07, 6.45) is 2.40. The monoisotopic (exact) mass is 462 g/mol. The maximum atomic E-state index is 11.6. The van der Waals surface area contributed by atoms with Crippen LogP contribution in [0.4, 0.5) is 0 Å². The molecule has 3 aromatic rings. The molecule has 3 aromatic carbocycles. The van der Waals surface area contributed by atoms with E-state index in [4.69, 9.17) is 18.9 Å². The molecule has 0 aliphatic heterocycles. The number of ether oxygens (including phenoxy) is 4. The minimum absolute atomic E-state index is 0.0525. The van der Waals surface area contributed by atoms with E-state index in [9.17, 15) is 4.79 Å². The van der Waals surface area contributed by atoms with Gasteiger partial charge in [-0.15, -0.1) is 0 Å². The van der Waals surface area contributed by atoms with E-state index < -0.39 is 0 Å². The lowest BCUT2D eigenvalue weighted by Gasteiger charge is -2.15. The molecule has 1 atom stereocenters. The zero-order valence-electron chi connectivity index (χ0n) is 20.5. The summed E-state index contributed by atoms with van der Waals surface area (Å²) in [6, 6.07) is 22.0. The molecule has 0 fully saturated rings. The molecular weight excluding hydrogens is 428 g/mol. The van der Waals surface area contributed by atoms with Crippen LogP contribution < -0.4 is 14.2 Å². The van der Waals surface area contributed by atoms with Crippen LogP contribution >= 0.6 is 0 Å². The Hall–Kier alpha value is -3.47. The maximum absolute atomic E-state index is 11.6. The molecule has 180 valence electrons. The standard InChI is InChI=1S/C29H34O5/c1-5-6-15-33-28-17-22(13-14-27(28)24-10-8-11-25(19-24)31-3)20-34-26-12-7-9-23(18-26)21(2)16-29(30)32-4/h7-14,17-19,21H,5-6,15-16,20H2,1-4H3/t21-/m0/s1. The van der Waals surface area contributed by atoms with Gasteiger partial charge in [-0.1, -0.05) is 56.7 Å². The number of carbonyl (C=O) groups is 1. The molecule has 0 saturated carbocycles. The first-order valence-electron chi connectivity index (χ1n) is 11.7. The second-order valence-corrected chi connectivity index (χ2v) is 8.31. The van der Waals surface area contributed by atoms with Crippen LogP contribution in [0.2, 0.25) is 0 Å². The second kappa shape index (κ2) is 12.7. The first-order valence-corrected chi connectivity index (χ1v) is 11.7. The Labute approximate surface area is 202 Å². The van der Waals surface area contributed by atoms with Crippen LogP contribution in [0, 0.1) is 0 Å². The lowest BCUT2D eigenvalue weighted by molar-refractivity contribution is -0.140. The van der Waals surface area contributed by atoms with Gasteiger partial charge in [-0.05, 0) is 59.4 Å². The lowest BCUT2D eigenvalue weighted by Crippen LogP contribution is -2.06. The number of benzene rings is 3. The highest BCUT2D eigenvalue weighted by Crippen LogP contribution is 2.33. The second-order valence-electron chi connectivity index (χ2n) is 8.31. The molecule has 0 saturated heterocycles. The topological polar surface area (TPSA) is 54.0 Å². The average molecular weight is 463 g/mol. The van der Waals surface area contributed by atoms with Crippen molar-refractivity contribution in [3.63, 3.8) is 0 Å². The summed E-state index contributed by atoms with van der Waals surface area (Å²) >= 11 is 0. The number of rotatable bonds is 12. The van der Waals surface area contributed by atoms with Crippen molar-refractivity contribution in [2.45, 2.75) is 45.6 Å². The third kappa shape index (κ3) is 7.01. The number of hydrogen-bond donors (Lipinski definition) is 0. The van der Waals surface area contributed by atoms with Gasteiger partial charge in [-0.3, -0.25) is 4.79 Å². The molecule has 0 bridgehead atoms. The van der Waals surface area contributed by atoms with Crippen LogP contribution in [0.25, 0.3) is 11.1 Å². The Balaban J connectivity index is 1.76. The predicted octanol–water partition coefficient (Wildman–Crippen LogP) is 6.79. The number of methoxy groups -OCH3 is 2. The Bertz CT molecular complexity index is 1080. The van der Waals surface area contributed by atoms with Crippen LogP contribution in [0.5, 0.6) is 17.2 Å². The Morgan fingerprint density at radius 1 is 0.912 bits per heavy atom. The zero-order chi connectivity index (χ0) is 24.3. The van der Waals surface area contributed by atoms with E-state index in [1.807, 2.05) is 55.5 Å². The normalized spacial score (nSPS) is 11.5. The summed E-state index contributed by atoms with van der Waals surface area (Å²) in [7, 11) is 3.08. The van der Waals surface area contributed by atoms with Crippen LogP contribution in [-0.2, 0) is 16.1 Å². The molecule has 0 unspecified atom stereocenters. The largest absolute Gasteiger partial charge is 0.497 e. The molecule has 0 aromatic heterocycles. The van der Waals surface area contributed by atoms with Crippen molar-refractivity contribution in [3.05, 3.63) is 77.9 Å². The van der Waals surface area contributed by atoms with Crippen molar-refractivity contribution in [1.82, 2.24) is 0 Å². The molecule has 0 amide bonds. The molecule has 5 nitrogen and oxygen atoms in total. The number of hydrogen-bond acceptors (Lipinski definition) is 5. The molecule has 0 radical (unpaired) electrons. The SMILES string of the molecule is CCCCOc1cc(COc2cccc([C@@H](C)CC(=O)OC)c2)ccc1-c1cccc(OC)c1. The first-order chi connectivity index (χ1) is 16.5. The van der Waals surface area contributed by atoms with Gasteiger partial charge >= 0.3 is 5.97 Å². The van der Waals surface area contributed by atoms with Crippen molar-refractivity contribution in [2.24, 2.45) is 0 Å². The van der Waals surface area contributed by atoms with Gasteiger partial charge in [0.25, 0.3) is 0 Å². The van der Waals surface area contributed by atoms with Crippen LogP contribution in [0.1, 0.15) is 50.2 Å². The Kier molecular flexibility index (Phi) is 9.39. The van der Waals surface area contributed by atoms with Crippen LogP contribution in [-0.4, -0.2) is 26.8 Å². The van der Waals surface area contributed by atoms with Gasteiger partial charge < -0.3 is 18.9 Å². The minimum atomic E-state index is -0.217. The van der Waals surface area contributed by atoms with Gasteiger partial charge in [0.15, 0.2) is 0 Å². The predicted molar refractivity (Wildman–Crippen MR) is 135 cm³/mol. The highest BCUT2D eigenvalue weighted by atomic mass is 16.5. The van der Waals surface area contributed by atoms with E-state index in [1.54, 1.807) is 7.11 Å². The molecule has 0 heterocycles. The van der Waals surface area contributed by atoms with Gasteiger partial charge in [-0.2, -0.15) is 0 Å². The van der Waals surface area contributed by atoms with Gasteiger partial charge in [0.1, 0.15) is 23.9 Å². The Morgan fingerprint density at radius 3 is 2.47 bits per heavy atom. The van der Waals surface area contributed by atoms with E-state index in [2.05, 4.69) is 25.1 Å². The Morgan fingerprint density at radius 2 is 1.71 bits per heavy atom. The fourth-order valence-corrected chi connectivity index (χ4v) is 3.66. The number of esters is 1. The molecule has 5 heteroatoms. The minimum Gasteiger partial charge on any atom is -0.497 e. The zero-order valence-corrected chi connectivity index (χ0v) is 20.5. The molecule has 34 heavy (non-hydrogen) atoms. The molecule has 3 rings (SSSR count). The quantitative estimate of drug-likeness (QED) is 0.219. The molecule has 0 aliphatic rings.